The number of nitrogen functional groups attached to an aromatic ring is 1. The smallest absolute Gasteiger partial charge is 0.285 e. The van der Waals surface area contributed by atoms with Crippen molar-refractivity contribution in [3.05, 3.63) is 5.01 Å². The molecule has 7 heteroatoms. The second-order valence-corrected chi connectivity index (χ2v) is 5.29. The third-order valence-corrected chi connectivity index (χ3v) is 3.08. The van der Waals surface area contributed by atoms with E-state index in [1.165, 1.54) is 0 Å². The van der Waals surface area contributed by atoms with Crippen LogP contribution in [0.2, 0.25) is 0 Å². The van der Waals surface area contributed by atoms with E-state index in [0.717, 1.165) is 11.3 Å². The Morgan fingerprint density at radius 3 is 2.88 bits per heavy atom. The molecule has 0 aromatic carbocycles. The summed E-state index contributed by atoms with van der Waals surface area (Å²) in [6.07, 6.45) is 0. The van der Waals surface area contributed by atoms with Crippen molar-refractivity contribution in [1.82, 2.24) is 15.1 Å². The molecule has 2 N–H and O–H groups in total. The van der Waals surface area contributed by atoms with Gasteiger partial charge in [0.2, 0.25) is 10.1 Å². The lowest BCUT2D eigenvalue weighted by Gasteiger charge is -2.37. The van der Waals surface area contributed by atoms with Crippen molar-refractivity contribution >= 4 is 22.4 Å². The molecule has 1 aromatic heterocycles. The van der Waals surface area contributed by atoms with Gasteiger partial charge in [-0.3, -0.25) is 4.79 Å². The SMILES string of the molecule is CC1(C)CN(C(=O)c2nnc(N)s2)CCO1. The maximum Gasteiger partial charge on any atom is 0.285 e. The molecule has 1 saturated heterocycles. The minimum Gasteiger partial charge on any atom is -0.374 e. The Hall–Kier alpha value is -1.21. The predicted octanol–water partition coefficient (Wildman–Crippen LogP) is 0.371. The summed E-state index contributed by atoms with van der Waals surface area (Å²) in [4.78, 5) is 13.7. The third-order valence-electron chi connectivity index (χ3n) is 2.34. The average Bonchev–Trinajstić information content (AvgIpc) is 2.62. The summed E-state index contributed by atoms with van der Waals surface area (Å²) in [6, 6.07) is 0. The summed E-state index contributed by atoms with van der Waals surface area (Å²) in [6.45, 7) is 5.61. The lowest BCUT2D eigenvalue weighted by molar-refractivity contribution is -0.0764. The minimum atomic E-state index is -0.301. The standard InChI is InChI=1S/C9H14N4O2S/c1-9(2)5-13(3-4-15-9)7(14)6-11-12-8(10)16-6/h3-5H2,1-2H3,(H2,10,12). The number of aromatic nitrogens is 2. The molecule has 88 valence electrons. The summed E-state index contributed by atoms with van der Waals surface area (Å²) in [5.74, 6) is -0.120. The number of amides is 1. The van der Waals surface area contributed by atoms with Gasteiger partial charge in [-0.05, 0) is 13.8 Å². The largest absolute Gasteiger partial charge is 0.374 e. The van der Waals surface area contributed by atoms with Crippen LogP contribution in [-0.4, -0.2) is 46.3 Å². The van der Waals surface area contributed by atoms with Crippen molar-refractivity contribution in [3.8, 4) is 0 Å². The van der Waals surface area contributed by atoms with Crippen LogP contribution in [0.5, 0.6) is 0 Å². The first kappa shape index (κ1) is 11.3. The summed E-state index contributed by atoms with van der Waals surface area (Å²) in [5, 5.41) is 8.04. The van der Waals surface area contributed by atoms with E-state index in [4.69, 9.17) is 10.5 Å². The van der Waals surface area contributed by atoms with Crippen molar-refractivity contribution in [2.75, 3.05) is 25.4 Å². The predicted molar refractivity (Wildman–Crippen MR) is 60.3 cm³/mol. The van der Waals surface area contributed by atoms with Gasteiger partial charge in [0.25, 0.3) is 5.91 Å². The fourth-order valence-corrected chi connectivity index (χ4v) is 2.22. The molecule has 0 unspecified atom stereocenters. The molecule has 1 aromatic rings. The molecule has 6 nitrogen and oxygen atoms in total. The van der Waals surface area contributed by atoms with Gasteiger partial charge in [-0.25, -0.2) is 0 Å². The molecule has 1 aliphatic rings. The van der Waals surface area contributed by atoms with Gasteiger partial charge in [-0.15, -0.1) is 10.2 Å². The second-order valence-electron chi connectivity index (χ2n) is 4.28. The molecule has 0 radical (unpaired) electrons. The van der Waals surface area contributed by atoms with E-state index in [1.54, 1.807) is 4.90 Å². The van der Waals surface area contributed by atoms with Gasteiger partial charge in [0.15, 0.2) is 0 Å². The topological polar surface area (TPSA) is 81.3 Å². The van der Waals surface area contributed by atoms with Gasteiger partial charge in [0.05, 0.1) is 12.2 Å². The zero-order chi connectivity index (χ0) is 11.8. The van der Waals surface area contributed by atoms with Crippen molar-refractivity contribution in [1.29, 1.82) is 0 Å². The van der Waals surface area contributed by atoms with Crippen LogP contribution in [0, 0.1) is 0 Å². The van der Waals surface area contributed by atoms with Crippen LogP contribution in [0.4, 0.5) is 5.13 Å². The molecule has 16 heavy (non-hydrogen) atoms. The zero-order valence-electron chi connectivity index (χ0n) is 9.27. The monoisotopic (exact) mass is 242 g/mol. The van der Waals surface area contributed by atoms with Gasteiger partial charge < -0.3 is 15.4 Å². The normalized spacial score (nSPS) is 19.8. The van der Waals surface area contributed by atoms with E-state index < -0.39 is 0 Å². The summed E-state index contributed by atoms with van der Waals surface area (Å²) >= 11 is 1.11. The van der Waals surface area contributed by atoms with Crippen molar-refractivity contribution < 1.29 is 9.53 Å². The molecule has 2 heterocycles. The van der Waals surface area contributed by atoms with E-state index in [2.05, 4.69) is 10.2 Å². The number of hydrogen-bond acceptors (Lipinski definition) is 6. The lowest BCUT2D eigenvalue weighted by Crippen LogP contribution is -2.50. The maximum absolute atomic E-state index is 12.0. The highest BCUT2D eigenvalue weighted by molar-refractivity contribution is 7.16. The molecule has 1 fully saturated rings. The first-order valence-electron chi connectivity index (χ1n) is 5.00. The van der Waals surface area contributed by atoms with Crippen LogP contribution in [0.15, 0.2) is 0 Å². The average molecular weight is 242 g/mol. The number of anilines is 1. The van der Waals surface area contributed by atoms with E-state index in [9.17, 15) is 4.79 Å². The van der Waals surface area contributed by atoms with E-state index in [-0.39, 0.29) is 11.5 Å². The minimum absolute atomic E-state index is 0.120. The Bertz CT molecular complexity index is 404. The Kier molecular flexibility index (Phi) is 2.81. The van der Waals surface area contributed by atoms with Crippen LogP contribution in [-0.2, 0) is 4.74 Å². The van der Waals surface area contributed by atoms with Gasteiger partial charge in [0.1, 0.15) is 0 Å². The molecule has 2 rings (SSSR count). The molecule has 0 bridgehead atoms. The van der Waals surface area contributed by atoms with Crippen LogP contribution in [0.3, 0.4) is 0 Å². The van der Waals surface area contributed by atoms with E-state index >= 15 is 0 Å². The Labute approximate surface area is 97.4 Å². The Morgan fingerprint density at radius 2 is 2.31 bits per heavy atom. The van der Waals surface area contributed by atoms with Gasteiger partial charge in [-0.1, -0.05) is 11.3 Å². The van der Waals surface area contributed by atoms with Crippen LogP contribution in [0.1, 0.15) is 23.6 Å². The Balaban J connectivity index is 2.10. The molecule has 0 saturated carbocycles. The third kappa shape index (κ3) is 2.30. The fraction of sp³-hybridized carbons (Fsp3) is 0.667. The molecule has 1 amide bonds. The highest BCUT2D eigenvalue weighted by atomic mass is 32.1. The highest BCUT2D eigenvalue weighted by Gasteiger charge is 2.31. The maximum atomic E-state index is 12.0. The summed E-state index contributed by atoms with van der Waals surface area (Å²) in [5.41, 5.74) is 5.15. The van der Waals surface area contributed by atoms with E-state index in [1.807, 2.05) is 13.8 Å². The van der Waals surface area contributed by atoms with Crippen LogP contribution >= 0.6 is 11.3 Å². The number of morpholine rings is 1. The van der Waals surface area contributed by atoms with E-state index in [0.29, 0.717) is 29.8 Å². The Morgan fingerprint density at radius 1 is 1.56 bits per heavy atom. The number of carbonyl (C=O) groups is 1. The number of hydrogen-bond donors (Lipinski definition) is 1. The number of nitrogens with zero attached hydrogens (tertiary/aromatic N) is 3. The van der Waals surface area contributed by atoms with Gasteiger partial charge in [0, 0.05) is 13.1 Å². The number of ether oxygens (including phenoxy) is 1. The molecule has 0 atom stereocenters. The quantitative estimate of drug-likeness (QED) is 0.769. The molecular weight excluding hydrogens is 228 g/mol. The van der Waals surface area contributed by atoms with Gasteiger partial charge >= 0.3 is 0 Å². The molecule has 1 aliphatic heterocycles. The van der Waals surface area contributed by atoms with Crippen LogP contribution < -0.4 is 5.73 Å². The van der Waals surface area contributed by atoms with Crippen molar-refractivity contribution in [3.63, 3.8) is 0 Å². The highest BCUT2D eigenvalue weighted by Crippen LogP contribution is 2.20. The molecular formula is C9H14N4O2S. The summed E-state index contributed by atoms with van der Waals surface area (Å²) < 4.78 is 5.54. The first-order valence-corrected chi connectivity index (χ1v) is 5.82. The van der Waals surface area contributed by atoms with Crippen molar-refractivity contribution in [2.45, 2.75) is 19.4 Å². The zero-order valence-corrected chi connectivity index (χ0v) is 10.1. The number of rotatable bonds is 1. The number of carbonyl (C=O) groups excluding carboxylic acids is 1. The first-order chi connectivity index (χ1) is 7.48. The molecule has 0 spiro atoms. The summed E-state index contributed by atoms with van der Waals surface area (Å²) in [7, 11) is 0. The van der Waals surface area contributed by atoms with Crippen LogP contribution in [0.25, 0.3) is 0 Å². The lowest BCUT2D eigenvalue weighted by atomic mass is 10.1. The second kappa shape index (κ2) is 3.99. The fourth-order valence-electron chi connectivity index (χ4n) is 1.65. The molecule has 0 aliphatic carbocycles. The number of nitrogens with two attached hydrogens (primary N) is 1. The van der Waals surface area contributed by atoms with Crippen molar-refractivity contribution in [2.24, 2.45) is 0 Å². The van der Waals surface area contributed by atoms with Gasteiger partial charge in [-0.2, -0.15) is 0 Å².